The van der Waals surface area contributed by atoms with Gasteiger partial charge in [0.05, 0.1) is 39.2 Å². The van der Waals surface area contributed by atoms with Crippen molar-refractivity contribution in [3.63, 3.8) is 0 Å². The van der Waals surface area contributed by atoms with Crippen molar-refractivity contribution in [3.8, 4) is 0 Å². The van der Waals surface area contributed by atoms with Crippen LogP contribution in [0.1, 0.15) is 12.5 Å². The molecule has 3 rings (SSSR count). The van der Waals surface area contributed by atoms with Crippen LogP contribution in [0, 0.1) is 0 Å². The van der Waals surface area contributed by atoms with E-state index in [0.29, 0.717) is 4.90 Å². The van der Waals surface area contributed by atoms with Gasteiger partial charge in [-0.15, -0.1) is 0 Å². The zero-order valence-electron chi connectivity index (χ0n) is 10.5. The van der Waals surface area contributed by atoms with Gasteiger partial charge in [-0.2, -0.15) is 0 Å². The minimum atomic E-state index is -1.49. The van der Waals surface area contributed by atoms with E-state index in [1.165, 1.54) is 12.1 Å². The minimum Gasteiger partial charge on any atom is -0.481 e. The quantitative estimate of drug-likeness (QED) is 0.779. The summed E-state index contributed by atoms with van der Waals surface area (Å²) in [6.45, 7) is 0. The zero-order chi connectivity index (χ0) is 15.3. The van der Waals surface area contributed by atoms with Crippen LogP contribution < -0.4 is 11.1 Å². The molecule has 0 radical (unpaired) electrons. The van der Waals surface area contributed by atoms with Gasteiger partial charge in [-0.3, -0.25) is 23.2 Å². The Bertz CT molecular complexity index is 916. The molecule has 2 unspecified atom stereocenters. The van der Waals surface area contributed by atoms with Crippen molar-refractivity contribution in [2.24, 2.45) is 0 Å². The predicted molar refractivity (Wildman–Crippen MR) is 76.4 cm³/mol. The summed E-state index contributed by atoms with van der Waals surface area (Å²) < 4.78 is 13.4. The summed E-state index contributed by atoms with van der Waals surface area (Å²) in [6.07, 6.45) is -0.383. The van der Waals surface area contributed by atoms with Crippen molar-refractivity contribution in [2.75, 3.05) is 5.75 Å². The minimum absolute atomic E-state index is 0.0435. The van der Waals surface area contributed by atoms with Gasteiger partial charge < -0.3 is 10.1 Å². The Morgan fingerprint density at radius 2 is 2.19 bits per heavy atom. The molecule has 21 heavy (non-hydrogen) atoms. The standard InChI is InChI=1S/C12H9ClN2O5S/c13-5-1-7-10-8(2-5)21(20)4-6(3-9(16)17)15(10)12(19)11(18)14-7/h1-2,6H,3-4H2,(H,14,18)(H,16,17). The number of nitrogens with zero attached hydrogens (tertiary/aromatic N) is 1. The first-order chi connectivity index (χ1) is 9.88. The molecule has 1 aromatic carbocycles. The van der Waals surface area contributed by atoms with Gasteiger partial charge in [0, 0.05) is 10.8 Å². The van der Waals surface area contributed by atoms with Crippen molar-refractivity contribution in [2.45, 2.75) is 17.4 Å². The summed E-state index contributed by atoms with van der Waals surface area (Å²) in [5.74, 6) is -1.17. The molecular weight excluding hydrogens is 320 g/mol. The van der Waals surface area contributed by atoms with E-state index in [1.807, 2.05) is 0 Å². The smallest absolute Gasteiger partial charge is 0.317 e. The van der Waals surface area contributed by atoms with Crippen molar-refractivity contribution in [1.29, 1.82) is 0 Å². The summed E-state index contributed by atoms with van der Waals surface area (Å²) in [5, 5.41) is 9.22. The second kappa shape index (κ2) is 4.81. The monoisotopic (exact) mass is 328 g/mol. The molecule has 2 aromatic rings. The predicted octanol–water partition coefficient (Wildman–Crippen LogP) is 0.480. The molecule has 0 spiro atoms. The third-order valence-corrected chi connectivity index (χ3v) is 5.01. The van der Waals surface area contributed by atoms with Crippen LogP contribution in [-0.2, 0) is 15.6 Å². The molecule has 0 saturated carbocycles. The lowest BCUT2D eigenvalue weighted by atomic mass is 10.2. The summed E-state index contributed by atoms with van der Waals surface area (Å²) in [6, 6.07) is 2.08. The number of carboxylic acid groups (broad SMARTS) is 1. The number of aliphatic carboxylic acids is 1. The van der Waals surface area contributed by atoms with E-state index in [1.54, 1.807) is 0 Å². The zero-order valence-corrected chi connectivity index (χ0v) is 12.0. The van der Waals surface area contributed by atoms with E-state index < -0.39 is 33.9 Å². The molecule has 2 heterocycles. The molecule has 7 nitrogen and oxygen atoms in total. The molecule has 0 aliphatic carbocycles. The number of nitrogens with one attached hydrogen (secondary N) is 1. The Kier molecular flexibility index (Phi) is 3.22. The molecule has 2 N–H and O–H groups in total. The second-order valence-corrected chi connectivity index (χ2v) is 6.59. The highest BCUT2D eigenvalue weighted by Crippen LogP contribution is 2.31. The van der Waals surface area contributed by atoms with Gasteiger partial charge in [-0.05, 0) is 12.1 Å². The lowest BCUT2D eigenvalue weighted by Gasteiger charge is -2.25. The molecule has 0 saturated heterocycles. The number of carboxylic acids is 1. The van der Waals surface area contributed by atoms with Gasteiger partial charge in [0.25, 0.3) is 0 Å². The maximum Gasteiger partial charge on any atom is 0.317 e. The van der Waals surface area contributed by atoms with Gasteiger partial charge in [0.15, 0.2) is 0 Å². The van der Waals surface area contributed by atoms with Gasteiger partial charge in [0.1, 0.15) is 0 Å². The normalized spacial score (nSPS) is 20.6. The topological polar surface area (TPSA) is 109 Å². The molecular formula is C12H9ClN2O5S. The molecule has 1 aliphatic heterocycles. The first-order valence-corrected chi connectivity index (χ1v) is 7.66. The van der Waals surface area contributed by atoms with E-state index in [0.717, 1.165) is 4.57 Å². The number of hydrogen-bond donors (Lipinski definition) is 2. The summed E-state index contributed by atoms with van der Waals surface area (Å²) >= 11 is 5.92. The number of aromatic amines is 1. The van der Waals surface area contributed by atoms with Crippen molar-refractivity contribution >= 4 is 39.4 Å². The summed E-state index contributed by atoms with van der Waals surface area (Å²) in [4.78, 5) is 37.4. The molecule has 0 fully saturated rings. The molecule has 2 atom stereocenters. The van der Waals surface area contributed by atoms with E-state index in [4.69, 9.17) is 16.7 Å². The van der Waals surface area contributed by atoms with E-state index in [-0.39, 0.29) is 28.2 Å². The molecule has 9 heteroatoms. The Morgan fingerprint density at radius 3 is 2.86 bits per heavy atom. The molecule has 1 aromatic heterocycles. The van der Waals surface area contributed by atoms with Gasteiger partial charge in [-0.25, -0.2) is 0 Å². The fourth-order valence-corrected chi connectivity index (χ4v) is 4.28. The lowest BCUT2D eigenvalue weighted by molar-refractivity contribution is -0.137. The van der Waals surface area contributed by atoms with Crippen molar-refractivity contribution < 1.29 is 14.1 Å². The fourth-order valence-electron chi connectivity index (χ4n) is 2.52. The van der Waals surface area contributed by atoms with Crippen LogP contribution in [0.15, 0.2) is 26.6 Å². The highest BCUT2D eigenvalue weighted by Gasteiger charge is 2.30. The first-order valence-electron chi connectivity index (χ1n) is 5.96. The Labute approximate surface area is 124 Å². The van der Waals surface area contributed by atoms with E-state index >= 15 is 0 Å². The number of H-pyrrole nitrogens is 1. The van der Waals surface area contributed by atoms with Crippen LogP contribution in [-0.4, -0.2) is 30.6 Å². The average molecular weight is 329 g/mol. The van der Waals surface area contributed by atoms with Gasteiger partial charge in [0.2, 0.25) is 0 Å². The number of rotatable bonds is 2. The maximum atomic E-state index is 12.3. The van der Waals surface area contributed by atoms with Crippen LogP contribution in [0.5, 0.6) is 0 Å². The number of hydrogen-bond acceptors (Lipinski definition) is 4. The molecule has 0 bridgehead atoms. The fraction of sp³-hybridized carbons (Fsp3) is 0.250. The van der Waals surface area contributed by atoms with Crippen molar-refractivity contribution in [1.82, 2.24) is 9.55 Å². The van der Waals surface area contributed by atoms with Crippen molar-refractivity contribution in [3.05, 3.63) is 37.9 Å². The summed E-state index contributed by atoms with van der Waals surface area (Å²) in [5.41, 5.74) is -1.17. The number of benzene rings is 1. The van der Waals surface area contributed by atoms with Crippen LogP contribution >= 0.6 is 11.6 Å². The second-order valence-electron chi connectivity index (χ2n) is 4.69. The van der Waals surface area contributed by atoms with Crippen LogP contribution in [0.4, 0.5) is 0 Å². The number of carbonyl (C=O) groups is 1. The van der Waals surface area contributed by atoms with Crippen LogP contribution in [0.3, 0.4) is 0 Å². The number of halogens is 1. The van der Waals surface area contributed by atoms with Crippen LogP contribution in [0.25, 0.3) is 11.0 Å². The highest BCUT2D eigenvalue weighted by atomic mass is 35.5. The van der Waals surface area contributed by atoms with Crippen LogP contribution in [0.2, 0.25) is 5.02 Å². The van der Waals surface area contributed by atoms with E-state index in [9.17, 15) is 18.6 Å². The summed E-state index contributed by atoms with van der Waals surface area (Å²) in [7, 11) is -1.49. The average Bonchev–Trinajstić information content (AvgIpc) is 2.37. The Balaban J connectivity index is 2.46. The number of aromatic nitrogens is 2. The maximum absolute atomic E-state index is 12.3. The third-order valence-electron chi connectivity index (χ3n) is 3.31. The highest BCUT2D eigenvalue weighted by molar-refractivity contribution is 7.85. The third kappa shape index (κ3) is 2.20. The SMILES string of the molecule is O=C(O)CC1CS(=O)c2cc(Cl)cc3[nH]c(=O)c(=O)n1c23. The largest absolute Gasteiger partial charge is 0.481 e. The lowest BCUT2D eigenvalue weighted by Crippen LogP contribution is -2.42. The van der Waals surface area contributed by atoms with Gasteiger partial charge >= 0.3 is 17.1 Å². The Hall–Kier alpha value is -1.93. The Morgan fingerprint density at radius 1 is 1.48 bits per heavy atom. The van der Waals surface area contributed by atoms with E-state index in [2.05, 4.69) is 4.98 Å². The molecule has 1 aliphatic rings. The molecule has 0 amide bonds. The molecule has 110 valence electrons. The first kappa shape index (κ1) is 14.0. The van der Waals surface area contributed by atoms with Gasteiger partial charge in [-0.1, -0.05) is 11.6 Å².